The monoisotopic (exact) mass is 406 g/mol. The van der Waals surface area contributed by atoms with E-state index in [9.17, 15) is 9.59 Å². The van der Waals surface area contributed by atoms with Crippen LogP contribution >= 0.6 is 22.7 Å². The molecule has 0 atom stereocenters. The van der Waals surface area contributed by atoms with Crippen molar-refractivity contribution in [2.24, 2.45) is 0 Å². The van der Waals surface area contributed by atoms with Crippen molar-refractivity contribution < 1.29 is 9.59 Å². The maximum Gasteiger partial charge on any atom is 0.264 e. The summed E-state index contributed by atoms with van der Waals surface area (Å²) in [4.78, 5) is 31.0. The number of hydrogen-bond acceptors (Lipinski definition) is 4. The Hall–Kier alpha value is -2.70. The summed E-state index contributed by atoms with van der Waals surface area (Å²) in [6, 6.07) is 20.0. The largest absolute Gasteiger partial charge is 0.334 e. The minimum Gasteiger partial charge on any atom is -0.334 e. The molecule has 6 heteroatoms. The van der Waals surface area contributed by atoms with E-state index in [0.717, 1.165) is 29.9 Å². The Morgan fingerprint density at radius 1 is 0.643 bits per heavy atom. The minimum absolute atomic E-state index is 0.0650. The van der Waals surface area contributed by atoms with Gasteiger partial charge in [-0.15, -0.1) is 22.7 Å². The lowest BCUT2D eigenvalue weighted by atomic mass is 10.2. The maximum absolute atomic E-state index is 12.9. The molecular weight excluding hydrogens is 388 g/mol. The Morgan fingerprint density at radius 2 is 1.04 bits per heavy atom. The van der Waals surface area contributed by atoms with Gasteiger partial charge in [0, 0.05) is 35.6 Å². The van der Waals surface area contributed by atoms with E-state index in [2.05, 4.69) is 0 Å². The Balaban J connectivity index is 1.27. The third-order valence-corrected chi connectivity index (χ3v) is 7.33. The van der Waals surface area contributed by atoms with Gasteiger partial charge in [0.2, 0.25) is 0 Å². The van der Waals surface area contributed by atoms with E-state index < -0.39 is 0 Å². The summed E-state index contributed by atoms with van der Waals surface area (Å²) in [6.07, 6.45) is 0. The molecule has 0 bridgehead atoms. The highest BCUT2D eigenvalue weighted by atomic mass is 32.1. The summed E-state index contributed by atoms with van der Waals surface area (Å²) in [5, 5.41) is 2.21. The van der Waals surface area contributed by atoms with E-state index in [1.807, 2.05) is 70.5 Å². The summed E-state index contributed by atoms with van der Waals surface area (Å²) in [6.45, 7) is 2.29. The van der Waals surface area contributed by atoms with Crippen molar-refractivity contribution in [1.29, 1.82) is 0 Å². The van der Waals surface area contributed by atoms with Gasteiger partial charge in [0.15, 0.2) is 0 Å². The third-order valence-electron chi connectivity index (χ3n) is 5.13. The van der Waals surface area contributed by atoms with Crippen LogP contribution in [0.2, 0.25) is 0 Å². The van der Waals surface area contributed by atoms with Crippen molar-refractivity contribution in [1.82, 2.24) is 9.80 Å². The number of carbonyl (C=O) groups is 2. The Kier molecular flexibility index (Phi) is 4.37. The van der Waals surface area contributed by atoms with Gasteiger partial charge in [0.05, 0.1) is 9.75 Å². The quantitative estimate of drug-likeness (QED) is 0.484. The highest BCUT2D eigenvalue weighted by Crippen LogP contribution is 2.28. The molecule has 4 aromatic rings. The van der Waals surface area contributed by atoms with E-state index in [1.165, 1.54) is 22.7 Å². The molecule has 2 aromatic carbocycles. The third kappa shape index (κ3) is 3.08. The number of thiophene rings is 2. The number of rotatable bonds is 2. The molecule has 1 fully saturated rings. The number of hydrogen-bond donors (Lipinski definition) is 0. The fourth-order valence-electron chi connectivity index (χ4n) is 3.60. The number of piperazine rings is 1. The summed E-state index contributed by atoms with van der Waals surface area (Å²) >= 11 is 3.07. The molecule has 0 saturated carbocycles. The van der Waals surface area contributed by atoms with Crippen LogP contribution in [0.3, 0.4) is 0 Å². The molecule has 0 aliphatic carbocycles. The summed E-state index contributed by atoms with van der Waals surface area (Å²) in [7, 11) is 0. The molecule has 3 heterocycles. The molecular formula is C22H18N2O2S2. The standard InChI is InChI=1S/C22H18N2O2S2/c25-21(19-13-15-5-1-3-7-17(15)27-19)23-9-11-24(12-10-23)22(26)20-14-16-6-2-4-8-18(16)28-20/h1-8,13-14H,9-12H2. The molecule has 1 aliphatic rings. The van der Waals surface area contributed by atoms with Crippen LogP contribution in [0.5, 0.6) is 0 Å². The molecule has 140 valence electrons. The van der Waals surface area contributed by atoms with E-state index in [1.54, 1.807) is 0 Å². The molecule has 4 nitrogen and oxygen atoms in total. The molecule has 2 aromatic heterocycles. The molecule has 0 unspecified atom stereocenters. The zero-order chi connectivity index (χ0) is 19.1. The second-order valence-corrected chi connectivity index (χ2v) is 9.05. The number of amides is 2. The zero-order valence-corrected chi connectivity index (χ0v) is 16.8. The smallest absolute Gasteiger partial charge is 0.264 e. The fourth-order valence-corrected chi connectivity index (χ4v) is 5.66. The second kappa shape index (κ2) is 7.04. The SMILES string of the molecule is O=C(c1cc2ccccc2s1)N1CCN(C(=O)c2cc3ccccc3s2)CC1. The normalized spacial score (nSPS) is 14.7. The lowest BCUT2D eigenvalue weighted by Crippen LogP contribution is -2.50. The fraction of sp³-hybridized carbons (Fsp3) is 0.182. The van der Waals surface area contributed by atoms with Crippen molar-refractivity contribution >= 4 is 54.7 Å². The van der Waals surface area contributed by atoms with E-state index in [-0.39, 0.29) is 11.8 Å². The van der Waals surface area contributed by atoms with Crippen LogP contribution in [0.4, 0.5) is 0 Å². The molecule has 0 radical (unpaired) electrons. The summed E-state index contributed by atoms with van der Waals surface area (Å²) in [5.41, 5.74) is 0. The van der Waals surface area contributed by atoms with Gasteiger partial charge in [-0.25, -0.2) is 0 Å². The lowest BCUT2D eigenvalue weighted by Gasteiger charge is -2.34. The molecule has 0 N–H and O–H groups in total. The summed E-state index contributed by atoms with van der Waals surface area (Å²) in [5.74, 6) is 0.130. The first-order valence-electron chi connectivity index (χ1n) is 9.25. The van der Waals surface area contributed by atoms with Crippen molar-refractivity contribution in [2.45, 2.75) is 0 Å². The van der Waals surface area contributed by atoms with Gasteiger partial charge in [0.25, 0.3) is 11.8 Å². The number of nitrogens with zero attached hydrogens (tertiary/aromatic N) is 2. The zero-order valence-electron chi connectivity index (χ0n) is 15.1. The average Bonchev–Trinajstić information content (AvgIpc) is 3.37. The van der Waals surface area contributed by atoms with Crippen LogP contribution in [0.1, 0.15) is 19.3 Å². The predicted molar refractivity (Wildman–Crippen MR) is 115 cm³/mol. The van der Waals surface area contributed by atoms with Gasteiger partial charge in [-0.1, -0.05) is 36.4 Å². The Morgan fingerprint density at radius 3 is 1.43 bits per heavy atom. The Bertz CT molecular complexity index is 1030. The van der Waals surface area contributed by atoms with Crippen molar-refractivity contribution in [3.63, 3.8) is 0 Å². The van der Waals surface area contributed by atoms with Gasteiger partial charge in [0.1, 0.15) is 0 Å². The maximum atomic E-state index is 12.9. The van der Waals surface area contributed by atoms with Gasteiger partial charge >= 0.3 is 0 Å². The molecule has 1 saturated heterocycles. The predicted octanol–water partition coefficient (Wildman–Crippen LogP) is 4.71. The van der Waals surface area contributed by atoms with Crippen LogP contribution in [-0.4, -0.2) is 47.8 Å². The van der Waals surface area contributed by atoms with E-state index >= 15 is 0 Å². The molecule has 1 aliphatic heterocycles. The minimum atomic E-state index is 0.0650. The van der Waals surface area contributed by atoms with E-state index in [4.69, 9.17) is 0 Å². The highest BCUT2D eigenvalue weighted by molar-refractivity contribution is 7.21. The van der Waals surface area contributed by atoms with Gasteiger partial charge in [-0.3, -0.25) is 9.59 Å². The highest BCUT2D eigenvalue weighted by Gasteiger charge is 2.27. The van der Waals surface area contributed by atoms with Gasteiger partial charge < -0.3 is 9.80 Å². The first kappa shape index (κ1) is 17.4. The van der Waals surface area contributed by atoms with Crippen LogP contribution in [0.15, 0.2) is 60.7 Å². The van der Waals surface area contributed by atoms with Crippen LogP contribution in [0, 0.1) is 0 Å². The number of fused-ring (bicyclic) bond motifs is 2. The average molecular weight is 407 g/mol. The van der Waals surface area contributed by atoms with Gasteiger partial charge in [-0.05, 0) is 35.0 Å². The molecule has 5 rings (SSSR count). The molecule has 0 spiro atoms. The Labute approximate surface area is 170 Å². The van der Waals surface area contributed by atoms with Gasteiger partial charge in [-0.2, -0.15) is 0 Å². The lowest BCUT2D eigenvalue weighted by molar-refractivity contribution is 0.0541. The number of carbonyl (C=O) groups excluding carboxylic acids is 2. The second-order valence-electron chi connectivity index (χ2n) is 6.88. The van der Waals surface area contributed by atoms with Crippen LogP contribution in [-0.2, 0) is 0 Å². The van der Waals surface area contributed by atoms with Crippen LogP contribution in [0.25, 0.3) is 20.2 Å². The molecule has 28 heavy (non-hydrogen) atoms. The topological polar surface area (TPSA) is 40.6 Å². The number of benzene rings is 2. The van der Waals surface area contributed by atoms with Crippen LogP contribution < -0.4 is 0 Å². The van der Waals surface area contributed by atoms with E-state index in [0.29, 0.717) is 26.2 Å². The van der Waals surface area contributed by atoms with Crippen molar-refractivity contribution in [3.05, 3.63) is 70.4 Å². The first-order valence-corrected chi connectivity index (χ1v) is 10.9. The summed E-state index contributed by atoms with van der Waals surface area (Å²) < 4.78 is 2.26. The molecule has 2 amide bonds. The van der Waals surface area contributed by atoms with Crippen molar-refractivity contribution in [3.8, 4) is 0 Å². The van der Waals surface area contributed by atoms with Crippen molar-refractivity contribution in [2.75, 3.05) is 26.2 Å². The first-order chi connectivity index (χ1) is 13.7.